The van der Waals surface area contributed by atoms with Crippen LogP contribution in [0.25, 0.3) is 16.4 Å². The molecule has 3 aromatic rings. The van der Waals surface area contributed by atoms with Crippen molar-refractivity contribution < 1.29 is 18.3 Å². The van der Waals surface area contributed by atoms with Crippen molar-refractivity contribution in [2.24, 2.45) is 7.05 Å². The molecule has 0 atom stereocenters. The van der Waals surface area contributed by atoms with Gasteiger partial charge in [-0.25, -0.2) is 18.4 Å². The molecule has 0 aliphatic heterocycles. The zero-order valence-electron chi connectivity index (χ0n) is 12.4. The first kappa shape index (κ1) is 15.1. The molecule has 0 radical (unpaired) electrons. The molecule has 2 heterocycles. The van der Waals surface area contributed by atoms with Crippen LogP contribution in [0, 0.1) is 0 Å². The third-order valence-corrected chi connectivity index (χ3v) is 3.59. The number of carbonyl (C=O) groups is 1. The van der Waals surface area contributed by atoms with E-state index in [2.05, 4.69) is 5.10 Å². The van der Waals surface area contributed by atoms with Crippen molar-refractivity contribution in [3.05, 3.63) is 46.0 Å². The van der Waals surface area contributed by atoms with Crippen molar-refractivity contribution in [1.29, 1.82) is 0 Å². The summed E-state index contributed by atoms with van der Waals surface area (Å²) in [6, 6.07) is 6.72. The van der Waals surface area contributed by atoms with E-state index in [0.717, 1.165) is 4.52 Å². The quantitative estimate of drug-likeness (QED) is 0.694. The zero-order valence-corrected chi connectivity index (χ0v) is 12.4. The molecule has 8 heteroatoms. The molecule has 0 bridgehead atoms. The van der Waals surface area contributed by atoms with Gasteiger partial charge in [-0.1, -0.05) is 18.2 Å². The number of rotatable bonds is 3. The number of hydrogen-bond donors (Lipinski definition) is 0. The lowest BCUT2D eigenvalue weighted by Crippen LogP contribution is -2.25. The van der Waals surface area contributed by atoms with E-state index in [0.29, 0.717) is 10.9 Å². The van der Waals surface area contributed by atoms with Crippen molar-refractivity contribution in [2.45, 2.75) is 13.3 Å². The maximum absolute atomic E-state index is 13.3. The van der Waals surface area contributed by atoms with E-state index in [1.807, 2.05) is 0 Å². The highest BCUT2D eigenvalue weighted by Gasteiger charge is 2.29. The van der Waals surface area contributed by atoms with Crippen molar-refractivity contribution in [2.75, 3.05) is 6.61 Å². The normalized spacial score (nSPS) is 11.5. The number of aromatic nitrogens is 3. The summed E-state index contributed by atoms with van der Waals surface area (Å²) < 4.78 is 33.6. The number of para-hydroxylation sites is 1. The van der Waals surface area contributed by atoms with Gasteiger partial charge in [0.2, 0.25) is 0 Å². The van der Waals surface area contributed by atoms with Gasteiger partial charge < -0.3 is 4.74 Å². The Labute approximate surface area is 128 Å². The van der Waals surface area contributed by atoms with Crippen LogP contribution in [-0.2, 0) is 11.8 Å². The highest BCUT2D eigenvalue weighted by atomic mass is 19.3. The van der Waals surface area contributed by atoms with Crippen LogP contribution in [0.3, 0.4) is 0 Å². The summed E-state index contributed by atoms with van der Waals surface area (Å²) in [4.78, 5) is 24.5. The molecule has 0 aliphatic carbocycles. The summed E-state index contributed by atoms with van der Waals surface area (Å²) in [5.74, 6) is -0.920. The smallest absolute Gasteiger partial charge is 0.349 e. The second-order valence-corrected chi connectivity index (χ2v) is 4.90. The van der Waals surface area contributed by atoms with Crippen LogP contribution < -0.4 is 5.69 Å². The molecule has 0 saturated carbocycles. The molecule has 1 aromatic carbocycles. The van der Waals surface area contributed by atoms with Crippen molar-refractivity contribution in [1.82, 2.24) is 14.2 Å². The Kier molecular flexibility index (Phi) is 3.59. The molecule has 6 nitrogen and oxygen atoms in total. The summed E-state index contributed by atoms with van der Waals surface area (Å²) in [5.41, 5.74) is -1.18. The van der Waals surface area contributed by atoms with E-state index in [1.54, 1.807) is 31.2 Å². The topological polar surface area (TPSA) is 65.6 Å². The highest BCUT2D eigenvalue weighted by Crippen LogP contribution is 2.29. The van der Waals surface area contributed by atoms with Crippen LogP contribution in [0.15, 0.2) is 29.1 Å². The maximum atomic E-state index is 13.3. The lowest BCUT2D eigenvalue weighted by Gasteiger charge is -2.08. The first-order valence-corrected chi connectivity index (χ1v) is 6.93. The molecule has 0 spiro atoms. The van der Waals surface area contributed by atoms with Gasteiger partial charge >= 0.3 is 11.7 Å². The molecular formula is C15H13F2N3O3. The van der Waals surface area contributed by atoms with Gasteiger partial charge in [0.05, 0.1) is 17.6 Å². The van der Waals surface area contributed by atoms with E-state index >= 15 is 0 Å². The number of benzene rings is 1. The fourth-order valence-electron chi connectivity index (χ4n) is 2.59. The summed E-state index contributed by atoms with van der Waals surface area (Å²) >= 11 is 0. The lowest BCUT2D eigenvalue weighted by molar-refractivity contribution is 0.0517. The maximum Gasteiger partial charge on any atom is 0.349 e. The van der Waals surface area contributed by atoms with E-state index in [-0.39, 0.29) is 17.7 Å². The van der Waals surface area contributed by atoms with Crippen LogP contribution in [0.4, 0.5) is 8.78 Å². The van der Waals surface area contributed by atoms with E-state index in [9.17, 15) is 18.4 Å². The average molecular weight is 321 g/mol. The summed E-state index contributed by atoms with van der Waals surface area (Å²) in [6.45, 7) is 1.60. The lowest BCUT2D eigenvalue weighted by atomic mass is 10.1. The second-order valence-electron chi connectivity index (χ2n) is 4.90. The predicted octanol–water partition coefficient (Wildman–Crippen LogP) is 2.30. The standard InChI is InChI=1S/C15H13F2N3O3/c1-3-23-14(21)10-11(13(16)17)18-20-12(10)8-6-4-5-7-9(8)19(2)15(20)22/h4-7,13H,3H2,1-2H3. The minimum absolute atomic E-state index is 0.0294. The molecule has 0 N–H and O–H groups in total. The van der Waals surface area contributed by atoms with E-state index < -0.39 is 23.8 Å². The first-order valence-electron chi connectivity index (χ1n) is 6.93. The van der Waals surface area contributed by atoms with Crippen LogP contribution in [-0.4, -0.2) is 26.8 Å². The highest BCUT2D eigenvalue weighted by molar-refractivity contribution is 6.07. The minimum atomic E-state index is -3.00. The number of aryl methyl sites for hydroxylation is 1. The molecule has 2 aromatic heterocycles. The Bertz CT molecular complexity index is 975. The zero-order chi connectivity index (χ0) is 16.7. The fourth-order valence-corrected chi connectivity index (χ4v) is 2.59. The molecule has 0 saturated heterocycles. The number of alkyl halides is 2. The Balaban J connectivity index is 2.55. The van der Waals surface area contributed by atoms with Crippen LogP contribution >= 0.6 is 0 Å². The minimum Gasteiger partial charge on any atom is -0.462 e. The van der Waals surface area contributed by atoms with Gasteiger partial charge in [-0.3, -0.25) is 4.57 Å². The number of esters is 1. The third kappa shape index (κ3) is 2.18. The third-order valence-electron chi connectivity index (χ3n) is 3.59. The molecule has 0 aliphatic rings. The first-order chi connectivity index (χ1) is 11.0. The Morgan fingerprint density at radius 3 is 2.70 bits per heavy atom. The summed E-state index contributed by atoms with van der Waals surface area (Å²) in [7, 11) is 1.51. The number of fused-ring (bicyclic) bond motifs is 3. The van der Waals surface area contributed by atoms with Gasteiger partial charge in [-0.05, 0) is 13.0 Å². The van der Waals surface area contributed by atoms with Gasteiger partial charge in [0, 0.05) is 12.4 Å². The SMILES string of the molecule is CCOC(=O)c1c(C(F)F)nn2c(=O)n(C)c3ccccc3c12. The van der Waals surface area contributed by atoms with E-state index in [1.165, 1.54) is 11.6 Å². The molecule has 0 unspecified atom stereocenters. The number of nitrogens with zero attached hydrogens (tertiary/aromatic N) is 3. The van der Waals surface area contributed by atoms with Crippen molar-refractivity contribution in [3.8, 4) is 0 Å². The Morgan fingerprint density at radius 1 is 1.35 bits per heavy atom. The van der Waals surface area contributed by atoms with Crippen LogP contribution in [0.2, 0.25) is 0 Å². The second kappa shape index (κ2) is 5.45. The molecular weight excluding hydrogens is 308 g/mol. The largest absolute Gasteiger partial charge is 0.462 e. The number of halogens is 2. The van der Waals surface area contributed by atoms with E-state index in [4.69, 9.17) is 4.74 Å². The van der Waals surface area contributed by atoms with Gasteiger partial charge in [-0.15, -0.1) is 0 Å². The Morgan fingerprint density at radius 2 is 2.04 bits per heavy atom. The molecule has 0 fully saturated rings. The number of ether oxygens (including phenoxy) is 1. The number of hydrogen-bond acceptors (Lipinski definition) is 4. The van der Waals surface area contributed by atoms with Crippen LogP contribution in [0.1, 0.15) is 29.4 Å². The number of carbonyl (C=O) groups excluding carboxylic acids is 1. The van der Waals surface area contributed by atoms with Crippen LogP contribution in [0.5, 0.6) is 0 Å². The fraction of sp³-hybridized carbons (Fsp3) is 0.267. The van der Waals surface area contributed by atoms with Crippen molar-refractivity contribution >= 4 is 22.4 Å². The van der Waals surface area contributed by atoms with Crippen molar-refractivity contribution in [3.63, 3.8) is 0 Å². The summed E-state index contributed by atoms with van der Waals surface area (Å²) in [6.07, 6.45) is -3.00. The predicted molar refractivity (Wildman–Crippen MR) is 78.9 cm³/mol. The molecule has 120 valence electrons. The van der Waals surface area contributed by atoms with Gasteiger partial charge in [0.1, 0.15) is 11.3 Å². The molecule has 0 amide bonds. The average Bonchev–Trinajstić information content (AvgIpc) is 2.94. The van der Waals surface area contributed by atoms with Gasteiger partial charge in [-0.2, -0.15) is 9.61 Å². The van der Waals surface area contributed by atoms with Gasteiger partial charge in [0.25, 0.3) is 6.43 Å². The van der Waals surface area contributed by atoms with Gasteiger partial charge in [0.15, 0.2) is 0 Å². The molecule has 23 heavy (non-hydrogen) atoms. The Hall–Kier alpha value is -2.77. The monoisotopic (exact) mass is 321 g/mol. The molecule has 3 rings (SSSR count). The summed E-state index contributed by atoms with van der Waals surface area (Å²) in [5, 5.41) is 4.13.